The second-order valence-electron chi connectivity index (χ2n) is 4.42. The third-order valence-corrected chi connectivity index (χ3v) is 4.05. The fraction of sp³-hybridized carbons (Fsp3) is 0.545. The van der Waals surface area contributed by atoms with Crippen molar-refractivity contribution in [1.29, 1.82) is 5.26 Å². The quantitative estimate of drug-likeness (QED) is 0.922. The summed E-state index contributed by atoms with van der Waals surface area (Å²) >= 11 is 1.04. The standard InChI is InChI=1S/C11H12F3N3S/c1-17(5-11(12,13)14)10-8(6-2-3-6)9(16)7(4-15)18-10/h6H,2-3,5,16H2,1H3. The first kappa shape index (κ1) is 13.0. The fourth-order valence-electron chi connectivity index (χ4n) is 1.92. The van der Waals surface area contributed by atoms with Gasteiger partial charge in [-0.15, -0.1) is 11.3 Å². The Morgan fingerprint density at radius 2 is 2.11 bits per heavy atom. The molecule has 0 aliphatic heterocycles. The van der Waals surface area contributed by atoms with Gasteiger partial charge in [0.25, 0.3) is 0 Å². The summed E-state index contributed by atoms with van der Waals surface area (Å²) in [5, 5.41) is 9.39. The van der Waals surface area contributed by atoms with E-state index in [0.717, 1.165) is 34.6 Å². The van der Waals surface area contributed by atoms with E-state index in [-0.39, 0.29) is 5.92 Å². The highest BCUT2D eigenvalue weighted by Gasteiger charge is 2.36. The maximum Gasteiger partial charge on any atom is 0.405 e. The summed E-state index contributed by atoms with van der Waals surface area (Å²) in [5.74, 6) is 0.217. The molecule has 3 nitrogen and oxygen atoms in total. The third-order valence-electron chi connectivity index (χ3n) is 2.81. The van der Waals surface area contributed by atoms with Crippen molar-refractivity contribution >= 4 is 22.0 Å². The Morgan fingerprint density at radius 3 is 2.56 bits per heavy atom. The molecule has 1 aliphatic rings. The van der Waals surface area contributed by atoms with Gasteiger partial charge < -0.3 is 10.6 Å². The lowest BCUT2D eigenvalue weighted by atomic mass is 10.1. The SMILES string of the molecule is CN(CC(F)(F)F)c1sc(C#N)c(N)c1C1CC1. The van der Waals surface area contributed by atoms with Gasteiger partial charge in [-0.25, -0.2) is 0 Å². The van der Waals surface area contributed by atoms with Crippen LogP contribution in [0.3, 0.4) is 0 Å². The Labute approximate surface area is 107 Å². The normalized spacial score (nSPS) is 15.5. The molecule has 1 heterocycles. The van der Waals surface area contributed by atoms with Crippen molar-refractivity contribution < 1.29 is 13.2 Å². The predicted molar refractivity (Wildman–Crippen MR) is 64.7 cm³/mol. The van der Waals surface area contributed by atoms with Crippen LogP contribution in [0.25, 0.3) is 0 Å². The largest absolute Gasteiger partial charge is 0.405 e. The van der Waals surface area contributed by atoms with E-state index in [4.69, 9.17) is 11.0 Å². The summed E-state index contributed by atoms with van der Waals surface area (Å²) in [6, 6.07) is 1.94. The van der Waals surface area contributed by atoms with Gasteiger partial charge in [-0.3, -0.25) is 0 Å². The number of nitrogen functional groups attached to an aromatic ring is 1. The molecule has 98 valence electrons. The highest BCUT2D eigenvalue weighted by atomic mass is 32.1. The topological polar surface area (TPSA) is 53.0 Å². The average molecular weight is 275 g/mol. The van der Waals surface area contributed by atoms with Crippen LogP contribution in [-0.4, -0.2) is 19.8 Å². The molecule has 0 unspecified atom stereocenters. The highest BCUT2D eigenvalue weighted by Crippen LogP contribution is 2.51. The maximum absolute atomic E-state index is 12.4. The zero-order valence-electron chi connectivity index (χ0n) is 9.71. The van der Waals surface area contributed by atoms with E-state index in [2.05, 4.69) is 0 Å². The molecule has 1 aromatic heterocycles. The minimum Gasteiger partial charge on any atom is -0.397 e. The van der Waals surface area contributed by atoms with Crippen LogP contribution in [-0.2, 0) is 0 Å². The molecule has 1 aliphatic carbocycles. The van der Waals surface area contributed by atoms with Crippen LogP contribution in [0.5, 0.6) is 0 Å². The highest BCUT2D eigenvalue weighted by molar-refractivity contribution is 7.17. The van der Waals surface area contributed by atoms with Crippen molar-refractivity contribution in [3.8, 4) is 6.07 Å². The number of nitriles is 1. The van der Waals surface area contributed by atoms with Crippen molar-refractivity contribution in [1.82, 2.24) is 0 Å². The van der Waals surface area contributed by atoms with Crippen molar-refractivity contribution in [3.63, 3.8) is 0 Å². The molecule has 0 spiro atoms. The molecule has 2 N–H and O–H groups in total. The number of anilines is 2. The van der Waals surface area contributed by atoms with E-state index in [0.29, 0.717) is 15.6 Å². The van der Waals surface area contributed by atoms with E-state index in [1.807, 2.05) is 6.07 Å². The summed E-state index contributed by atoms with van der Waals surface area (Å²) < 4.78 is 37.2. The van der Waals surface area contributed by atoms with Gasteiger partial charge in [-0.2, -0.15) is 18.4 Å². The summed E-state index contributed by atoms with van der Waals surface area (Å²) in [4.78, 5) is 1.44. The van der Waals surface area contributed by atoms with Crippen molar-refractivity contribution in [2.75, 3.05) is 24.2 Å². The fourth-order valence-corrected chi connectivity index (χ4v) is 2.98. The molecule has 1 fully saturated rings. The molecule has 0 radical (unpaired) electrons. The van der Waals surface area contributed by atoms with E-state index in [9.17, 15) is 13.2 Å². The molecule has 18 heavy (non-hydrogen) atoms. The minimum atomic E-state index is -4.26. The number of nitrogens with two attached hydrogens (primary N) is 1. The lowest BCUT2D eigenvalue weighted by Gasteiger charge is -2.20. The Kier molecular flexibility index (Phi) is 3.15. The zero-order valence-corrected chi connectivity index (χ0v) is 10.5. The second kappa shape index (κ2) is 4.35. The molecule has 2 rings (SSSR count). The van der Waals surface area contributed by atoms with Gasteiger partial charge in [0.05, 0.1) is 10.7 Å². The first-order valence-electron chi connectivity index (χ1n) is 5.43. The molecule has 0 atom stereocenters. The van der Waals surface area contributed by atoms with Crippen LogP contribution in [0.2, 0.25) is 0 Å². The van der Waals surface area contributed by atoms with Gasteiger partial charge in [-0.05, 0) is 18.8 Å². The van der Waals surface area contributed by atoms with Crippen molar-refractivity contribution in [2.45, 2.75) is 24.9 Å². The van der Waals surface area contributed by atoms with Crippen molar-refractivity contribution in [3.05, 3.63) is 10.4 Å². The van der Waals surface area contributed by atoms with Gasteiger partial charge in [0.1, 0.15) is 17.5 Å². The summed E-state index contributed by atoms with van der Waals surface area (Å²) in [5.41, 5.74) is 6.92. The van der Waals surface area contributed by atoms with Crippen LogP contribution in [0.1, 0.15) is 29.2 Å². The number of alkyl halides is 3. The minimum absolute atomic E-state index is 0.217. The van der Waals surface area contributed by atoms with Crippen LogP contribution < -0.4 is 10.6 Å². The summed E-state index contributed by atoms with van der Waals surface area (Å²) in [7, 11) is 1.38. The predicted octanol–water partition coefficient (Wildman–Crippen LogP) is 3.08. The summed E-state index contributed by atoms with van der Waals surface area (Å²) in [6.07, 6.45) is -2.40. The van der Waals surface area contributed by atoms with E-state index >= 15 is 0 Å². The van der Waals surface area contributed by atoms with Gasteiger partial charge in [0.2, 0.25) is 0 Å². The van der Waals surface area contributed by atoms with E-state index in [1.165, 1.54) is 7.05 Å². The molecule has 0 bridgehead atoms. The molecular weight excluding hydrogens is 263 g/mol. The average Bonchev–Trinajstić information content (AvgIpc) is 3.00. The Hall–Kier alpha value is -1.42. The van der Waals surface area contributed by atoms with Crippen molar-refractivity contribution in [2.24, 2.45) is 0 Å². The number of halogens is 3. The molecule has 0 amide bonds. The first-order chi connectivity index (χ1) is 8.33. The lowest BCUT2D eigenvalue weighted by molar-refractivity contribution is -0.119. The lowest BCUT2D eigenvalue weighted by Crippen LogP contribution is -2.30. The monoisotopic (exact) mass is 275 g/mol. The zero-order chi connectivity index (χ0) is 13.5. The van der Waals surface area contributed by atoms with Gasteiger partial charge >= 0.3 is 6.18 Å². The second-order valence-corrected chi connectivity index (χ2v) is 5.42. The van der Waals surface area contributed by atoms with Gasteiger partial charge in [-0.1, -0.05) is 0 Å². The Balaban J connectivity index is 2.35. The summed E-state index contributed by atoms with van der Waals surface area (Å²) in [6.45, 7) is -1.03. The van der Waals surface area contributed by atoms with E-state index < -0.39 is 12.7 Å². The molecule has 1 saturated carbocycles. The van der Waals surface area contributed by atoms with Crippen LogP contribution in [0.4, 0.5) is 23.9 Å². The first-order valence-corrected chi connectivity index (χ1v) is 6.25. The van der Waals surface area contributed by atoms with E-state index in [1.54, 1.807) is 0 Å². The molecule has 7 heteroatoms. The molecule has 1 aromatic rings. The number of hydrogen-bond acceptors (Lipinski definition) is 4. The molecule has 0 aromatic carbocycles. The maximum atomic E-state index is 12.4. The van der Waals surface area contributed by atoms with Gasteiger partial charge in [0, 0.05) is 12.6 Å². The Bertz CT molecular complexity index is 497. The number of rotatable bonds is 3. The number of hydrogen-bond donors (Lipinski definition) is 1. The number of thiophene rings is 1. The van der Waals surface area contributed by atoms with Gasteiger partial charge in [0.15, 0.2) is 0 Å². The third kappa shape index (κ3) is 2.53. The number of nitrogens with zero attached hydrogens (tertiary/aromatic N) is 2. The Morgan fingerprint density at radius 1 is 1.50 bits per heavy atom. The van der Waals surface area contributed by atoms with Crippen LogP contribution in [0.15, 0.2) is 0 Å². The van der Waals surface area contributed by atoms with Crippen LogP contribution >= 0.6 is 11.3 Å². The van der Waals surface area contributed by atoms with Crippen LogP contribution in [0, 0.1) is 11.3 Å². The molecular formula is C11H12F3N3S. The molecule has 0 saturated heterocycles. The smallest absolute Gasteiger partial charge is 0.397 e.